The Morgan fingerprint density at radius 2 is 1.90 bits per heavy atom. The van der Waals surface area contributed by atoms with E-state index in [1.54, 1.807) is 7.11 Å². The van der Waals surface area contributed by atoms with Gasteiger partial charge in [-0.15, -0.1) is 0 Å². The molecule has 2 aromatic carbocycles. The van der Waals surface area contributed by atoms with Crippen LogP contribution in [0.25, 0.3) is 10.9 Å². The van der Waals surface area contributed by atoms with E-state index in [1.165, 1.54) is 5.39 Å². The van der Waals surface area contributed by atoms with E-state index < -0.39 is 0 Å². The Balaban J connectivity index is 1.60. The summed E-state index contributed by atoms with van der Waals surface area (Å²) in [4.78, 5) is 8.18. The van der Waals surface area contributed by atoms with Gasteiger partial charge in [0.15, 0.2) is 5.96 Å². The van der Waals surface area contributed by atoms with Gasteiger partial charge in [0, 0.05) is 31.0 Å². The molecule has 0 aliphatic heterocycles. The van der Waals surface area contributed by atoms with E-state index in [1.807, 2.05) is 37.3 Å². The number of methoxy groups -OCH3 is 1. The van der Waals surface area contributed by atoms with Gasteiger partial charge in [-0.05, 0) is 48.6 Å². The Hall–Kier alpha value is -2.99. The van der Waals surface area contributed by atoms with Gasteiger partial charge in [0.1, 0.15) is 5.75 Å². The molecule has 3 rings (SSSR count). The number of guanidine groups is 1. The first kappa shape index (κ1) is 20.7. The normalized spacial score (nSPS) is 11.6. The van der Waals surface area contributed by atoms with Crippen molar-refractivity contribution in [2.75, 3.05) is 26.9 Å². The van der Waals surface area contributed by atoms with Crippen LogP contribution in [0.2, 0.25) is 0 Å². The molecule has 1 heterocycles. The third-order valence-corrected chi connectivity index (χ3v) is 4.57. The van der Waals surface area contributed by atoms with Crippen LogP contribution in [0.4, 0.5) is 0 Å². The number of hydrogen-bond acceptors (Lipinski definition) is 3. The summed E-state index contributed by atoms with van der Waals surface area (Å²) in [5.74, 6) is 1.64. The van der Waals surface area contributed by atoms with Crippen LogP contribution < -0.4 is 15.4 Å². The first-order valence-electron chi connectivity index (χ1n) is 10.1. The summed E-state index contributed by atoms with van der Waals surface area (Å²) in [6, 6.07) is 18.4. The molecule has 0 aliphatic carbocycles. The molecule has 3 N–H and O–H groups in total. The molecule has 0 fully saturated rings. The highest BCUT2D eigenvalue weighted by Crippen LogP contribution is 2.14. The fourth-order valence-corrected chi connectivity index (χ4v) is 3.01. The fourth-order valence-electron chi connectivity index (χ4n) is 3.01. The van der Waals surface area contributed by atoms with Crippen LogP contribution in [0.5, 0.6) is 5.75 Å². The number of hydrogen-bond donors (Lipinski definition) is 3. The Labute approximate surface area is 172 Å². The highest BCUT2D eigenvalue weighted by molar-refractivity contribution is 5.81. The summed E-state index contributed by atoms with van der Waals surface area (Å²) in [6.07, 6.45) is 0.934. The molecule has 6 heteroatoms. The predicted octanol–water partition coefficient (Wildman–Crippen LogP) is 3.84. The first-order valence-corrected chi connectivity index (χ1v) is 10.1. The molecule has 0 unspecified atom stereocenters. The van der Waals surface area contributed by atoms with E-state index >= 15 is 0 Å². The van der Waals surface area contributed by atoms with Crippen LogP contribution in [0.15, 0.2) is 59.6 Å². The average Bonchev–Trinajstić information content (AvgIpc) is 3.18. The minimum atomic E-state index is 0.595. The maximum absolute atomic E-state index is 5.41. The molecule has 0 saturated heterocycles. The highest BCUT2D eigenvalue weighted by atomic mass is 16.5. The predicted molar refractivity (Wildman–Crippen MR) is 118 cm³/mol. The SMILES string of the molecule is CCOCCCNC(=NCc1ccc(OC)cc1)NCc1cc2ccccc2[nH]1. The Kier molecular flexibility index (Phi) is 7.95. The van der Waals surface area contributed by atoms with Gasteiger partial charge in [-0.1, -0.05) is 30.3 Å². The molecule has 0 saturated carbocycles. The van der Waals surface area contributed by atoms with Crippen molar-refractivity contribution in [3.63, 3.8) is 0 Å². The van der Waals surface area contributed by atoms with Crippen LogP contribution in [0.1, 0.15) is 24.6 Å². The van der Waals surface area contributed by atoms with Crippen molar-refractivity contribution < 1.29 is 9.47 Å². The lowest BCUT2D eigenvalue weighted by Gasteiger charge is -2.12. The van der Waals surface area contributed by atoms with Crippen LogP contribution in [-0.2, 0) is 17.8 Å². The molecule has 6 nitrogen and oxygen atoms in total. The number of nitrogens with one attached hydrogen (secondary N) is 3. The van der Waals surface area contributed by atoms with Crippen LogP contribution in [-0.4, -0.2) is 37.8 Å². The van der Waals surface area contributed by atoms with E-state index in [0.29, 0.717) is 13.1 Å². The van der Waals surface area contributed by atoms with Crippen LogP contribution >= 0.6 is 0 Å². The number of aromatic nitrogens is 1. The Morgan fingerprint density at radius 1 is 1.07 bits per heavy atom. The maximum atomic E-state index is 5.41. The maximum Gasteiger partial charge on any atom is 0.191 e. The quantitative estimate of drug-likeness (QED) is 0.278. The van der Waals surface area contributed by atoms with Crippen molar-refractivity contribution in [2.24, 2.45) is 4.99 Å². The summed E-state index contributed by atoms with van der Waals surface area (Å²) in [5, 5.41) is 8.03. The highest BCUT2D eigenvalue weighted by Gasteiger charge is 2.03. The minimum Gasteiger partial charge on any atom is -0.497 e. The van der Waals surface area contributed by atoms with Crippen molar-refractivity contribution in [3.8, 4) is 5.75 Å². The second-order valence-corrected chi connectivity index (χ2v) is 6.73. The number of benzene rings is 2. The van der Waals surface area contributed by atoms with Gasteiger partial charge >= 0.3 is 0 Å². The lowest BCUT2D eigenvalue weighted by molar-refractivity contribution is 0.145. The molecule has 154 valence electrons. The number of aromatic amines is 1. The molecule has 1 aromatic heterocycles. The van der Waals surface area contributed by atoms with E-state index in [2.05, 4.69) is 39.9 Å². The summed E-state index contributed by atoms with van der Waals surface area (Å²) in [7, 11) is 1.67. The van der Waals surface area contributed by atoms with Gasteiger partial charge < -0.3 is 25.1 Å². The summed E-state index contributed by atoms with van der Waals surface area (Å²) in [6.45, 7) is 5.58. The number of fused-ring (bicyclic) bond motifs is 1. The molecule has 0 bridgehead atoms. The molecule has 0 spiro atoms. The van der Waals surface area contributed by atoms with Gasteiger partial charge in [0.05, 0.1) is 20.2 Å². The molecule has 3 aromatic rings. The third-order valence-electron chi connectivity index (χ3n) is 4.57. The van der Waals surface area contributed by atoms with Crippen molar-refractivity contribution >= 4 is 16.9 Å². The van der Waals surface area contributed by atoms with Crippen molar-refractivity contribution in [3.05, 3.63) is 65.9 Å². The smallest absolute Gasteiger partial charge is 0.191 e. The number of H-pyrrole nitrogens is 1. The summed E-state index contributed by atoms with van der Waals surface area (Å²) >= 11 is 0. The lowest BCUT2D eigenvalue weighted by Crippen LogP contribution is -2.37. The summed E-state index contributed by atoms with van der Waals surface area (Å²) in [5.41, 5.74) is 3.40. The zero-order valence-corrected chi connectivity index (χ0v) is 17.2. The van der Waals surface area contributed by atoms with E-state index in [9.17, 15) is 0 Å². The Bertz CT molecular complexity index is 870. The van der Waals surface area contributed by atoms with Crippen LogP contribution in [0, 0.1) is 0 Å². The van der Waals surface area contributed by atoms with E-state index in [4.69, 9.17) is 14.5 Å². The molecule has 0 radical (unpaired) electrons. The van der Waals surface area contributed by atoms with Crippen LogP contribution in [0.3, 0.4) is 0 Å². The molecule has 29 heavy (non-hydrogen) atoms. The van der Waals surface area contributed by atoms with E-state index in [-0.39, 0.29) is 0 Å². The fraction of sp³-hybridized carbons (Fsp3) is 0.348. The molecule has 0 amide bonds. The van der Waals surface area contributed by atoms with Gasteiger partial charge in [-0.2, -0.15) is 0 Å². The zero-order valence-electron chi connectivity index (χ0n) is 17.2. The number of nitrogens with zero attached hydrogens (tertiary/aromatic N) is 1. The number of ether oxygens (including phenoxy) is 2. The standard InChI is InChI=1S/C23H30N4O2/c1-3-29-14-6-13-24-23(25-16-18-9-11-21(28-2)12-10-18)26-17-20-15-19-7-4-5-8-22(19)27-20/h4-5,7-12,15,27H,3,6,13-14,16-17H2,1-2H3,(H2,24,25,26). The topological polar surface area (TPSA) is 70.7 Å². The summed E-state index contributed by atoms with van der Waals surface area (Å²) < 4.78 is 10.6. The molecular weight excluding hydrogens is 364 g/mol. The lowest BCUT2D eigenvalue weighted by atomic mass is 10.2. The number of para-hydroxylation sites is 1. The van der Waals surface area contributed by atoms with Gasteiger partial charge in [0.2, 0.25) is 0 Å². The van der Waals surface area contributed by atoms with Gasteiger partial charge in [-0.3, -0.25) is 0 Å². The average molecular weight is 395 g/mol. The third kappa shape index (κ3) is 6.54. The molecule has 0 aliphatic rings. The second-order valence-electron chi connectivity index (χ2n) is 6.73. The van der Waals surface area contributed by atoms with Crippen molar-refractivity contribution in [1.82, 2.24) is 15.6 Å². The zero-order chi connectivity index (χ0) is 20.3. The second kappa shape index (κ2) is 11.1. The monoisotopic (exact) mass is 394 g/mol. The first-order chi connectivity index (χ1) is 14.3. The van der Waals surface area contributed by atoms with Crippen molar-refractivity contribution in [2.45, 2.75) is 26.4 Å². The largest absolute Gasteiger partial charge is 0.497 e. The Morgan fingerprint density at radius 3 is 2.66 bits per heavy atom. The minimum absolute atomic E-state index is 0.595. The number of rotatable bonds is 10. The van der Waals surface area contributed by atoms with Gasteiger partial charge in [-0.25, -0.2) is 4.99 Å². The van der Waals surface area contributed by atoms with Crippen molar-refractivity contribution in [1.29, 1.82) is 0 Å². The van der Waals surface area contributed by atoms with E-state index in [0.717, 1.165) is 54.7 Å². The number of aliphatic imine (C=N–C) groups is 1. The molecule has 0 atom stereocenters. The van der Waals surface area contributed by atoms with Gasteiger partial charge in [0.25, 0.3) is 0 Å². The molecular formula is C23H30N4O2.